The SMILES string of the molecule is N#Cc1ccc(NC2CCCC2C(N)=O)c([N+](=O)[O-])c1. The number of hydrogen-bond acceptors (Lipinski definition) is 5. The lowest BCUT2D eigenvalue weighted by Crippen LogP contribution is -2.34. The first kappa shape index (κ1) is 13.8. The van der Waals surface area contributed by atoms with Gasteiger partial charge in [-0.25, -0.2) is 0 Å². The van der Waals surface area contributed by atoms with Crippen LogP contribution in [0.5, 0.6) is 0 Å². The molecule has 1 aromatic rings. The third kappa shape index (κ3) is 2.69. The highest BCUT2D eigenvalue weighted by atomic mass is 16.6. The standard InChI is InChI=1S/C13H14N4O3/c14-7-8-4-5-11(12(6-8)17(19)20)16-10-3-1-2-9(10)13(15)18/h4-6,9-10,16H,1-3H2,(H2,15,18). The van der Waals surface area contributed by atoms with Gasteiger partial charge in [0.25, 0.3) is 5.69 Å². The summed E-state index contributed by atoms with van der Waals surface area (Å²) in [5, 5.41) is 22.8. The van der Waals surface area contributed by atoms with E-state index in [0.717, 1.165) is 12.8 Å². The lowest BCUT2D eigenvalue weighted by atomic mass is 10.0. The number of carbonyl (C=O) groups is 1. The molecular weight excluding hydrogens is 260 g/mol. The van der Waals surface area contributed by atoms with Crippen molar-refractivity contribution in [1.29, 1.82) is 5.26 Å². The molecule has 3 N–H and O–H groups in total. The van der Waals surface area contributed by atoms with Gasteiger partial charge in [-0.3, -0.25) is 14.9 Å². The topological polar surface area (TPSA) is 122 Å². The van der Waals surface area contributed by atoms with Crippen LogP contribution in [0.15, 0.2) is 18.2 Å². The third-order valence-electron chi connectivity index (χ3n) is 3.55. The van der Waals surface area contributed by atoms with Crippen LogP contribution in [0, 0.1) is 27.4 Å². The smallest absolute Gasteiger partial charge is 0.293 e. The van der Waals surface area contributed by atoms with E-state index in [-0.39, 0.29) is 23.2 Å². The molecule has 0 heterocycles. The molecule has 0 aliphatic heterocycles. The van der Waals surface area contributed by atoms with E-state index in [1.807, 2.05) is 6.07 Å². The highest BCUT2D eigenvalue weighted by molar-refractivity contribution is 5.78. The Morgan fingerprint density at radius 1 is 1.50 bits per heavy atom. The number of carbonyl (C=O) groups excluding carboxylic acids is 1. The van der Waals surface area contributed by atoms with Gasteiger partial charge in [-0.2, -0.15) is 5.26 Å². The van der Waals surface area contributed by atoms with Crippen LogP contribution in [0.2, 0.25) is 0 Å². The molecule has 1 aliphatic rings. The molecule has 2 unspecified atom stereocenters. The number of benzene rings is 1. The van der Waals surface area contributed by atoms with Crippen molar-refractivity contribution in [2.24, 2.45) is 11.7 Å². The maximum absolute atomic E-state index is 11.3. The summed E-state index contributed by atoms with van der Waals surface area (Å²) in [6.45, 7) is 0. The molecular formula is C13H14N4O3. The Morgan fingerprint density at radius 2 is 2.25 bits per heavy atom. The van der Waals surface area contributed by atoms with Gasteiger partial charge in [-0.05, 0) is 25.0 Å². The molecule has 20 heavy (non-hydrogen) atoms. The minimum absolute atomic E-state index is 0.167. The van der Waals surface area contributed by atoms with Gasteiger partial charge < -0.3 is 11.1 Å². The van der Waals surface area contributed by atoms with Crippen LogP contribution in [-0.2, 0) is 4.79 Å². The van der Waals surface area contributed by atoms with E-state index in [1.165, 1.54) is 18.2 Å². The van der Waals surface area contributed by atoms with Gasteiger partial charge in [0.2, 0.25) is 5.91 Å². The van der Waals surface area contributed by atoms with Crippen LogP contribution in [0.25, 0.3) is 0 Å². The molecule has 1 aromatic carbocycles. The summed E-state index contributed by atoms with van der Waals surface area (Å²) < 4.78 is 0. The van der Waals surface area contributed by atoms with Crippen LogP contribution in [-0.4, -0.2) is 16.9 Å². The molecule has 2 atom stereocenters. The van der Waals surface area contributed by atoms with Gasteiger partial charge in [0.15, 0.2) is 0 Å². The van der Waals surface area contributed by atoms with E-state index in [2.05, 4.69) is 5.32 Å². The zero-order chi connectivity index (χ0) is 14.7. The fourth-order valence-corrected chi connectivity index (χ4v) is 2.55. The number of hydrogen-bond donors (Lipinski definition) is 2. The summed E-state index contributed by atoms with van der Waals surface area (Å²) in [6.07, 6.45) is 2.29. The molecule has 7 heteroatoms. The van der Waals surface area contributed by atoms with Crippen LogP contribution >= 0.6 is 0 Å². The number of nitro benzene ring substituents is 1. The first-order valence-electron chi connectivity index (χ1n) is 6.27. The van der Waals surface area contributed by atoms with E-state index in [0.29, 0.717) is 12.1 Å². The number of amides is 1. The number of nitrogens with one attached hydrogen (secondary N) is 1. The van der Waals surface area contributed by atoms with Crippen molar-refractivity contribution in [3.05, 3.63) is 33.9 Å². The fourth-order valence-electron chi connectivity index (χ4n) is 2.55. The van der Waals surface area contributed by atoms with Crippen molar-refractivity contribution >= 4 is 17.3 Å². The zero-order valence-corrected chi connectivity index (χ0v) is 10.7. The first-order valence-corrected chi connectivity index (χ1v) is 6.27. The number of rotatable bonds is 4. The molecule has 0 radical (unpaired) electrons. The van der Waals surface area contributed by atoms with E-state index in [4.69, 9.17) is 11.0 Å². The van der Waals surface area contributed by atoms with Crippen LogP contribution in [0.1, 0.15) is 24.8 Å². The molecule has 7 nitrogen and oxygen atoms in total. The van der Waals surface area contributed by atoms with Crippen molar-refractivity contribution in [2.45, 2.75) is 25.3 Å². The second-order valence-electron chi connectivity index (χ2n) is 4.79. The molecule has 1 aliphatic carbocycles. The number of anilines is 1. The molecule has 0 spiro atoms. The average Bonchev–Trinajstić information content (AvgIpc) is 2.87. The molecule has 1 fully saturated rings. The van der Waals surface area contributed by atoms with Gasteiger partial charge in [0.05, 0.1) is 22.5 Å². The first-order chi connectivity index (χ1) is 9.52. The molecule has 0 aromatic heterocycles. The second-order valence-corrected chi connectivity index (χ2v) is 4.79. The normalized spacial score (nSPS) is 21.1. The van der Waals surface area contributed by atoms with E-state index < -0.39 is 10.8 Å². The Bertz CT molecular complexity index is 594. The van der Waals surface area contributed by atoms with E-state index >= 15 is 0 Å². The van der Waals surface area contributed by atoms with Crippen molar-refractivity contribution in [1.82, 2.24) is 0 Å². The highest BCUT2D eigenvalue weighted by Crippen LogP contribution is 2.32. The number of nitrogens with two attached hydrogens (primary N) is 1. The number of nitrogens with zero attached hydrogens (tertiary/aromatic N) is 2. The monoisotopic (exact) mass is 274 g/mol. The number of nitriles is 1. The van der Waals surface area contributed by atoms with Crippen LogP contribution in [0.4, 0.5) is 11.4 Å². The molecule has 0 saturated heterocycles. The second kappa shape index (κ2) is 5.57. The summed E-state index contributed by atoms with van der Waals surface area (Å²) >= 11 is 0. The van der Waals surface area contributed by atoms with Crippen LogP contribution < -0.4 is 11.1 Å². The molecule has 0 bridgehead atoms. The Morgan fingerprint density at radius 3 is 2.85 bits per heavy atom. The van der Waals surface area contributed by atoms with Gasteiger partial charge in [0.1, 0.15) is 5.69 Å². The predicted octanol–water partition coefficient (Wildman–Crippen LogP) is 1.53. The number of primary amides is 1. The van der Waals surface area contributed by atoms with Gasteiger partial charge in [0, 0.05) is 12.1 Å². The Balaban J connectivity index is 2.27. The molecule has 1 saturated carbocycles. The summed E-state index contributed by atoms with van der Waals surface area (Å²) in [6, 6.07) is 5.88. The van der Waals surface area contributed by atoms with Gasteiger partial charge in [-0.1, -0.05) is 6.42 Å². The summed E-state index contributed by atoms with van der Waals surface area (Å²) in [5.41, 5.74) is 5.70. The Hall–Kier alpha value is -2.62. The fraction of sp³-hybridized carbons (Fsp3) is 0.385. The van der Waals surface area contributed by atoms with Crippen molar-refractivity contribution < 1.29 is 9.72 Å². The summed E-state index contributed by atoms with van der Waals surface area (Å²) in [4.78, 5) is 21.8. The summed E-state index contributed by atoms with van der Waals surface area (Å²) in [7, 11) is 0. The number of nitro groups is 1. The third-order valence-corrected chi connectivity index (χ3v) is 3.55. The van der Waals surface area contributed by atoms with Gasteiger partial charge >= 0.3 is 0 Å². The van der Waals surface area contributed by atoms with Crippen molar-refractivity contribution in [3.8, 4) is 6.07 Å². The maximum atomic E-state index is 11.3. The predicted molar refractivity (Wildman–Crippen MR) is 71.8 cm³/mol. The average molecular weight is 274 g/mol. The minimum atomic E-state index is -0.544. The quantitative estimate of drug-likeness (QED) is 0.636. The zero-order valence-electron chi connectivity index (χ0n) is 10.7. The summed E-state index contributed by atoms with van der Waals surface area (Å²) in [5.74, 6) is -0.707. The van der Waals surface area contributed by atoms with Crippen LogP contribution in [0.3, 0.4) is 0 Å². The molecule has 1 amide bonds. The van der Waals surface area contributed by atoms with Crippen molar-refractivity contribution in [3.63, 3.8) is 0 Å². The lowest BCUT2D eigenvalue weighted by Gasteiger charge is -2.19. The van der Waals surface area contributed by atoms with Crippen molar-refractivity contribution in [2.75, 3.05) is 5.32 Å². The lowest BCUT2D eigenvalue weighted by molar-refractivity contribution is -0.384. The largest absolute Gasteiger partial charge is 0.376 e. The van der Waals surface area contributed by atoms with E-state index in [9.17, 15) is 14.9 Å². The van der Waals surface area contributed by atoms with Gasteiger partial charge in [-0.15, -0.1) is 0 Å². The Labute approximate surface area is 115 Å². The minimum Gasteiger partial charge on any atom is -0.376 e. The highest BCUT2D eigenvalue weighted by Gasteiger charge is 2.32. The Kier molecular flexibility index (Phi) is 3.84. The molecule has 104 valence electrons. The molecule has 2 rings (SSSR count). The van der Waals surface area contributed by atoms with E-state index in [1.54, 1.807) is 0 Å². The maximum Gasteiger partial charge on any atom is 0.293 e.